The van der Waals surface area contributed by atoms with E-state index in [0.717, 1.165) is 19.3 Å². The van der Waals surface area contributed by atoms with Gasteiger partial charge in [0.2, 0.25) is 5.91 Å². The second kappa shape index (κ2) is 9.26. The van der Waals surface area contributed by atoms with Gasteiger partial charge in [0.1, 0.15) is 6.04 Å². The number of nitrogens with one attached hydrogen (secondary N) is 1. The number of rotatable bonds is 6. The van der Waals surface area contributed by atoms with E-state index in [1.807, 2.05) is 0 Å². The Bertz CT molecular complexity index is 1000. The number of carbonyl (C=O) groups is 4. The Balaban J connectivity index is 1.20. The molecule has 2 amide bonds. The van der Waals surface area contributed by atoms with Crippen molar-refractivity contribution in [2.45, 2.75) is 57.1 Å². The van der Waals surface area contributed by atoms with Gasteiger partial charge in [-0.2, -0.15) is 0 Å². The molecule has 188 valence electrons. The van der Waals surface area contributed by atoms with Gasteiger partial charge >= 0.3 is 11.9 Å². The Hall–Kier alpha value is -2.94. The average Bonchev–Trinajstić information content (AvgIpc) is 3.22. The third-order valence-corrected chi connectivity index (χ3v) is 8.22. The highest BCUT2D eigenvalue weighted by molar-refractivity contribution is 5.96. The number of esters is 2. The molecule has 4 bridgehead atoms. The highest BCUT2D eigenvalue weighted by Crippen LogP contribution is 2.60. The highest BCUT2D eigenvalue weighted by Gasteiger charge is 2.57. The number of benzene rings is 1. The third-order valence-electron chi connectivity index (χ3n) is 8.22. The minimum Gasteiger partial charge on any atom is -0.465 e. The van der Waals surface area contributed by atoms with Crippen LogP contribution in [0.1, 0.15) is 55.3 Å². The number of β-amino-alcohol motifs (C(OH)–C–C–N with tert-alkyl or cyclic N) is 1. The SMILES string of the molecule is COC(=O)c1cccc(NC(=O)COC(=O)[C@@H]2CC(O)CN2C(=O)C23CC4CC(CC(C4)C2)C3)c1. The lowest BCUT2D eigenvalue weighted by molar-refractivity contribution is -0.166. The molecule has 9 nitrogen and oxygen atoms in total. The van der Waals surface area contributed by atoms with Crippen molar-refractivity contribution < 1.29 is 33.8 Å². The summed E-state index contributed by atoms with van der Waals surface area (Å²) in [4.78, 5) is 52.2. The molecule has 2 atom stereocenters. The van der Waals surface area contributed by atoms with E-state index in [1.165, 1.54) is 37.3 Å². The summed E-state index contributed by atoms with van der Waals surface area (Å²) in [7, 11) is 1.27. The lowest BCUT2D eigenvalue weighted by Crippen LogP contribution is -2.56. The van der Waals surface area contributed by atoms with Crippen LogP contribution in [0.4, 0.5) is 5.69 Å². The Morgan fingerprint density at radius 1 is 1.06 bits per heavy atom. The van der Waals surface area contributed by atoms with Crippen molar-refractivity contribution in [3.63, 3.8) is 0 Å². The number of hydrogen-bond donors (Lipinski definition) is 2. The van der Waals surface area contributed by atoms with Crippen molar-refractivity contribution in [2.24, 2.45) is 23.2 Å². The van der Waals surface area contributed by atoms with E-state index < -0.39 is 42.0 Å². The van der Waals surface area contributed by atoms with E-state index in [2.05, 4.69) is 10.1 Å². The van der Waals surface area contributed by atoms with E-state index in [1.54, 1.807) is 18.2 Å². The molecule has 1 unspecified atom stereocenters. The maximum Gasteiger partial charge on any atom is 0.337 e. The smallest absolute Gasteiger partial charge is 0.337 e. The van der Waals surface area contributed by atoms with Crippen LogP contribution < -0.4 is 5.32 Å². The van der Waals surface area contributed by atoms with Gasteiger partial charge in [-0.1, -0.05) is 6.07 Å². The molecular formula is C26H32N2O7. The van der Waals surface area contributed by atoms with Gasteiger partial charge in [-0.15, -0.1) is 0 Å². The fraction of sp³-hybridized carbons (Fsp3) is 0.615. The molecule has 0 spiro atoms. The molecular weight excluding hydrogens is 452 g/mol. The number of methoxy groups -OCH3 is 1. The minimum atomic E-state index is -0.888. The zero-order valence-corrected chi connectivity index (χ0v) is 19.9. The Morgan fingerprint density at radius 2 is 1.71 bits per heavy atom. The predicted octanol–water partition coefficient (Wildman–Crippen LogP) is 2.13. The van der Waals surface area contributed by atoms with Gasteiger partial charge in [0.25, 0.3) is 5.91 Å². The molecule has 4 saturated carbocycles. The van der Waals surface area contributed by atoms with Gasteiger partial charge in [-0.05, 0) is 74.5 Å². The molecule has 1 aliphatic heterocycles. The lowest BCUT2D eigenvalue weighted by Gasteiger charge is -2.56. The third kappa shape index (κ3) is 4.66. The normalized spacial score (nSPS) is 32.9. The largest absolute Gasteiger partial charge is 0.465 e. The first-order chi connectivity index (χ1) is 16.8. The second-order valence-electron chi connectivity index (χ2n) is 10.8. The summed E-state index contributed by atoms with van der Waals surface area (Å²) >= 11 is 0. The van der Waals surface area contributed by atoms with E-state index in [9.17, 15) is 24.3 Å². The predicted molar refractivity (Wildman–Crippen MR) is 124 cm³/mol. The van der Waals surface area contributed by atoms with Crippen LogP contribution >= 0.6 is 0 Å². The number of anilines is 1. The molecule has 5 aliphatic rings. The number of amides is 2. The summed E-state index contributed by atoms with van der Waals surface area (Å²) < 4.78 is 9.93. The van der Waals surface area contributed by atoms with Crippen molar-refractivity contribution in [1.82, 2.24) is 4.90 Å². The molecule has 0 aromatic heterocycles. The summed E-state index contributed by atoms with van der Waals surface area (Å²) in [5.74, 6) is -0.0511. The van der Waals surface area contributed by atoms with Crippen LogP contribution in [-0.2, 0) is 23.9 Å². The van der Waals surface area contributed by atoms with Gasteiger partial charge in [0.05, 0.1) is 24.2 Å². The van der Waals surface area contributed by atoms with Crippen LogP contribution in [0, 0.1) is 23.2 Å². The number of ether oxygens (including phenoxy) is 2. The van der Waals surface area contributed by atoms with E-state index >= 15 is 0 Å². The molecule has 1 heterocycles. The van der Waals surface area contributed by atoms with Crippen LogP contribution in [0.15, 0.2) is 24.3 Å². The van der Waals surface area contributed by atoms with Crippen molar-refractivity contribution >= 4 is 29.4 Å². The van der Waals surface area contributed by atoms with Crippen LogP contribution in [0.2, 0.25) is 0 Å². The monoisotopic (exact) mass is 484 g/mol. The number of likely N-dealkylation sites (tertiary alicyclic amines) is 1. The zero-order valence-electron chi connectivity index (χ0n) is 19.9. The standard InChI is InChI=1S/C26H32N2O7/c1-34-23(31)18-3-2-4-19(8-18)27-22(30)14-35-24(32)21-9-20(29)13-28(21)25(33)26-10-15-5-16(11-26)7-17(6-15)12-26/h2-4,8,15-17,20-21,29H,5-7,9-14H2,1H3,(H,27,30)/t15?,16?,17?,20?,21-,26?/m0/s1. The molecule has 4 aliphatic carbocycles. The molecule has 5 fully saturated rings. The Morgan fingerprint density at radius 3 is 2.34 bits per heavy atom. The van der Waals surface area contributed by atoms with Crippen LogP contribution in [0.5, 0.6) is 0 Å². The summed E-state index contributed by atoms with van der Waals surface area (Å²) in [5, 5.41) is 12.9. The van der Waals surface area contributed by atoms with Crippen molar-refractivity contribution in [2.75, 3.05) is 25.6 Å². The van der Waals surface area contributed by atoms with Crippen LogP contribution in [0.3, 0.4) is 0 Å². The molecule has 1 saturated heterocycles. The molecule has 6 rings (SSSR count). The second-order valence-corrected chi connectivity index (χ2v) is 10.8. The number of carbonyl (C=O) groups excluding carboxylic acids is 4. The number of aliphatic hydroxyl groups excluding tert-OH is 1. The first-order valence-electron chi connectivity index (χ1n) is 12.4. The topological polar surface area (TPSA) is 122 Å². The molecule has 35 heavy (non-hydrogen) atoms. The number of aliphatic hydroxyl groups is 1. The number of hydrogen-bond acceptors (Lipinski definition) is 7. The van der Waals surface area contributed by atoms with Gasteiger partial charge in [-0.3, -0.25) is 9.59 Å². The van der Waals surface area contributed by atoms with E-state index in [-0.39, 0.29) is 24.4 Å². The molecule has 1 aromatic carbocycles. The number of nitrogens with zero attached hydrogens (tertiary/aromatic N) is 1. The fourth-order valence-electron chi connectivity index (χ4n) is 7.21. The van der Waals surface area contributed by atoms with Crippen molar-refractivity contribution in [3.8, 4) is 0 Å². The first-order valence-corrected chi connectivity index (χ1v) is 12.4. The maximum absolute atomic E-state index is 13.7. The summed E-state index contributed by atoms with van der Waals surface area (Å²) in [6, 6.07) is 5.33. The lowest BCUT2D eigenvalue weighted by atomic mass is 9.49. The highest BCUT2D eigenvalue weighted by atomic mass is 16.5. The van der Waals surface area contributed by atoms with Gasteiger partial charge in [0.15, 0.2) is 6.61 Å². The van der Waals surface area contributed by atoms with Gasteiger partial charge in [0, 0.05) is 18.7 Å². The average molecular weight is 485 g/mol. The fourth-order valence-corrected chi connectivity index (χ4v) is 7.21. The minimum absolute atomic E-state index is 0.0285. The van der Waals surface area contributed by atoms with E-state index in [4.69, 9.17) is 4.74 Å². The van der Waals surface area contributed by atoms with Gasteiger partial charge in [-0.25, -0.2) is 9.59 Å². The Kier molecular flexibility index (Phi) is 6.29. The first kappa shape index (κ1) is 23.8. The summed E-state index contributed by atoms with van der Waals surface area (Å²) in [6.07, 6.45) is 5.56. The molecule has 9 heteroatoms. The molecule has 2 N–H and O–H groups in total. The van der Waals surface area contributed by atoms with Crippen LogP contribution in [-0.4, -0.2) is 66.2 Å². The summed E-state index contributed by atoms with van der Waals surface area (Å²) in [6.45, 7) is -0.417. The molecule has 1 aromatic rings. The molecule has 0 radical (unpaired) electrons. The van der Waals surface area contributed by atoms with Crippen molar-refractivity contribution in [1.29, 1.82) is 0 Å². The maximum atomic E-state index is 13.7. The Labute approximate surface area is 204 Å². The zero-order chi connectivity index (χ0) is 24.7. The van der Waals surface area contributed by atoms with Crippen molar-refractivity contribution in [3.05, 3.63) is 29.8 Å². The van der Waals surface area contributed by atoms with Crippen LogP contribution in [0.25, 0.3) is 0 Å². The quantitative estimate of drug-likeness (QED) is 0.593. The van der Waals surface area contributed by atoms with Gasteiger partial charge < -0.3 is 24.8 Å². The summed E-state index contributed by atoms with van der Waals surface area (Å²) in [5.41, 5.74) is 0.226. The van der Waals surface area contributed by atoms with E-state index in [0.29, 0.717) is 23.4 Å².